The Morgan fingerprint density at radius 1 is 1.07 bits per heavy atom. The van der Waals surface area contributed by atoms with E-state index in [-0.39, 0.29) is 10.8 Å². The zero-order chi connectivity index (χ0) is 21.0. The lowest BCUT2D eigenvalue weighted by Gasteiger charge is -2.31. The summed E-state index contributed by atoms with van der Waals surface area (Å²) in [5.41, 5.74) is 3.11. The minimum atomic E-state index is -3.53. The number of carbonyl (C=O) groups excluding carboxylic acids is 1. The molecule has 8 heteroatoms. The number of aryl methyl sites for hydroxylation is 2. The number of carbonyl (C=O) groups is 1. The van der Waals surface area contributed by atoms with Crippen LogP contribution < -0.4 is 15.0 Å². The molecule has 0 saturated carbocycles. The summed E-state index contributed by atoms with van der Waals surface area (Å²) in [5.74, 6) is 0.558. The van der Waals surface area contributed by atoms with Crippen molar-refractivity contribution in [2.45, 2.75) is 18.7 Å². The maximum atomic E-state index is 12.8. The summed E-state index contributed by atoms with van der Waals surface area (Å²) in [5, 5.41) is 2.93. The molecular formula is C21H28N3O4S+. The van der Waals surface area contributed by atoms with E-state index in [1.807, 2.05) is 32.0 Å². The van der Waals surface area contributed by atoms with Crippen LogP contribution >= 0.6 is 0 Å². The molecule has 0 atom stereocenters. The highest BCUT2D eigenvalue weighted by Crippen LogP contribution is 2.19. The fourth-order valence-electron chi connectivity index (χ4n) is 3.37. The van der Waals surface area contributed by atoms with Gasteiger partial charge in [-0.2, -0.15) is 4.31 Å². The van der Waals surface area contributed by atoms with Gasteiger partial charge in [0.15, 0.2) is 6.54 Å². The molecule has 1 aliphatic heterocycles. The summed E-state index contributed by atoms with van der Waals surface area (Å²) in [6, 6.07) is 12.3. The van der Waals surface area contributed by atoms with E-state index in [1.54, 1.807) is 31.4 Å². The van der Waals surface area contributed by atoms with E-state index in [1.165, 1.54) is 9.87 Å². The largest absolute Gasteiger partial charge is 0.497 e. The van der Waals surface area contributed by atoms with E-state index in [9.17, 15) is 13.2 Å². The van der Waals surface area contributed by atoms with Crippen molar-refractivity contribution < 1.29 is 22.8 Å². The van der Waals surface area contributed by atoms with Gasteiger partial charge in [-0.05, 0) is 61.4 Å². The van der Waals surface area contributed by atoms with Gasteiger partial charge in [-0.1, -0.05) is 6.07 Å². The summed E-state index contributed by atoms with van der Waals surface area (Å²) >= 11 is 0. The van der Waals surface area contributed by atoms with Crippen molar-refractivity contribution in [1.29, 1.82) is 0 Å². The Morgan fingerprint density at radius 3 is 2.31 bits per heavy atom. The Kier molecular flexibility index (Phi) is 6.56. The number of piperazine rings is 1. The SMILES string of the molecule is COc1ccc(S(=O)(=O)N2CC[NH+](CC(=O)Nc3ccc(C)c(C)c3)CC2)cc1. The molecule has 29 heavy (non-hydrogen) atoms. The van der Waals surface area contributed by atoms with Crippen LogP contribution in [0.2, 0.25) is 0 Å². The first-order valence-electron chi connectivity index (χ1n) is 9.64. The number of hydrogen-bond donors (Lipinski definition) is 2. The van der Waals surface area contributed by atoms with Gasteiger partial charge in [0.1, 0.15) is 5.75 Å². The number of sulfonamides is 1. The van der Waals surface area contributed by atoms with E-state index < -0.39 is 10.0 Å². The van der Waals surface area contributed by atoms with Crippen LogP contribution in [0.25, 0.3) is 0 Å². The molecule has 2 aromatic carbocycles. The van der Waals surface area contributed by atoms with Crippen molar-refractivity contribution in [3.63, 3.8) is 0 Å². The van der Waals surface area contributed by atoms with Gasteiger partial charge in [0.25, 0.3) is 5.91 Å². The van der Waals surface area contributed by atoms with Gasteiger partial charge in [-0.25, -0.2) is 8.42 Å². The molecule has 0 radical (unpaired) electrons. The van der Waals surface area contributed by atoms with Crippen molar-refractivity contribution in [3.05, 3.63) is 53.6 Å². The highest BCUT2D eigenvalue weighted by atomic mass is 32.2. The van der Waals surface area contributed by atoms with Gasteiger partial charge in [0.05, 0.1) is 38.2 Å². The number of rotatable bonds is 6. The fourth-order valence-corrected chi connectivity index (χ4v) is 4.81. The fraction of sp³-hybridized carbons (Fsp3) is 0.381. The molecule has 3 rings (SSSR count). The molecule has 0 spiro atoms. The van der Waals surface area contributed by atoms with Gasteiger partial charge in [0, 0.05) is 5.69 Å². The second-order valence-corrected chi connectivity index (χ2v) is 9.29. The average molecular weight is 419 g/mol. The van der Waals surface area contributed by atoms with Crippen LogP contribution in [0.15, 0.2) is 47.4 Å². The average Bonchev–Trinajstić information content (AvgIpc) is 2.71. The maximum Gasteiger partial charge on any atom is 0.279 e. The van der Waals surface area contributed by atoms with Crippen LogP contribution in [0.5, 0.6) is 5.75 Å². The predicted octanol–water partition coefficient (Wildman–Crippen LogP) is 0.840. The van der Waals surface area contributed by atoms with Gasteiger partial charge < -0.3 is 15.0 Å². The third-order valence-corrected chi connectivity index (χ3v) is 7.24. The van der Waals surface area contributed by atoms with Crippen LogP contribution in [-0.2, 0) is 14.8 Å². The van der Waals surface area contributed by atoms with Crippen molar-refractivity contribution >= 4 is 21.6 Å². The van der Waals surface area contributed by atoms with E-state index in [4.69, 9.17) is 4.74 Å². The minimum absolute atomic E-state index is 0.0604. The van der Waals surface area contributed by atoms with Crippen LogP contribution in [0.1, 0.15) is 11.1 Å². The number of hydrogen-bond acceptors (Lipinski definition) is 4. The Labute approximate surface area is 172 Å². The lowest BCUT2D eigenvalue weighted by atomic mass is 10.1. The summed E-state index contributed by atoms with van der Waals surface area (Å²) in [6.45, 7) is 6.33. The monoisotopic (exact) mass is 418 g/mol. The van der Waals surface area contributed by atoms with Crippen LogP contribution in [-0.4, -0.2) is 58.5 Å². The second-order valence-electron chi connectivity index (χ2n) is 7.35. The molecule has 1 aliphatic rings. The summed E-state index contributed by atoms with van der Waals surface area (Å²) in [4.78, 5) is 13.7. The van der Waals surface area contributed by atoms with Gasteiger partial charge >= 0.3 is 0 Å². The molecular weight excluding hydrogens is 390 g/mol. The van der Waals surface area contributed by atoms with E-state index in [2.05, 4.69) is 5.32 Å². The quantitative estimate of drug-likeness (QED) is 0.729. The smallest absolute Gasteiger partial charge is 0.279 e. The highest BCUT2D eigenvalue weighted by molar-refractivity contribution is 7.89. The molecule has 0 bridgehead atoms. The normalized spacial score (nSPS) is 15.8. The number of nitrogens with one attached hydrogen (secondary N) is 2. The molecule has 0 unspecified atom stereocenters. The first kappa shape index (κ1) is 21.3. The van der Waals surface area contributed by atoms with Crippen molar-refractivity contribution in [3.8, 4) is 5.75 Å². The zero-order valence-corrected chi connectivity index (χ0v) is 17.9. The van der Waals surface area contributed by atoms with E-state index in [0.29, 0.717) is 38.5 Å². The number of anilines is 1. The topological polar surface area (TPSA) is 80.2 Å². The molecule has 156 valence electrons. The van der Waals surface area contributed by atoms with Gasteiger partial charge in [-0.15, -0.1) is 0 Å². The first-order valence-corrected chi connectivity index (χ1v) is 11.1. The standard InChI is InChI=1S/C21H27N3O4S/c1-16-4-5-18(14-17(16)2)22-21(25)15-23-10-12-24(13-11-23)29(26,27)20-8-6-19(28-3)7-9-20/h4-9,14H,10-13,15H2,1-3H3,(H,22,25)/p+1. The zero-order valence-electron chi connectivity index (χ0n) is 17.1. The molecule has 2 aromatic rings. The molecule has 1 heterocycles. The highest BCUT2D eigenvalue weighted by Gasteiger charge is 2.31. The summed E-state index contributed by atoms with van der Waals surface area (Å²) in [6.07, 6.45) is 0. The maximum absolute atomic E-state index is 12.8. The molecule has 1 amide bonds. The number of benzene rings is 2. The van der Waals surface area contributed by atoms with Crippen molar-refractivity contribution in [1.82, 2.24) is 4.31 Å². The Hall–Kier alpha value is -2.42. The third-order valence-electron chi connectivity index (χ3n) is 5.33. The van der Waals surface area contributed by atoms with Crippen LogP contribution in [0, 0.1) is 13.8 Å². The van der Waals surface area contributed by atoms with Crippen molar-refractivity contribution in [2.75, 3.05) is 45.2 Å². The predicted molar refractivity (Wildman–Crippen MR) is 112 cm³/mol. The number of nitrogens with zero attached hydrogens (tertiary/aromatic N) is 1. The van der Waals surface area contributed by atoms with Crippen LogP contribution in [0.4, 0.5) is 5.69 Å². The molecule has 0 aliphatic carbocycles. The lowest BCUT2D eigenvalue weighted by molar-refractivity contribution is -0.895. The number of quaternary nitrogens is 1. The molecule has 7 nitrogen and oxygen atoms in total. The van der Waals surface area contributed by atoms with Crippen molar-refractivity contribution in [2.24, 2.45) is 0 Å². The molecule has 2 N–H and O–H groups in total. The number of amides is 1. The Bertz CT molecular complexity index is 966. The number of methoxy groups -OCH3 is 1. The Balaban J connectivity index is 1.54. The number of ether oxygens (including phenoxy) is 1. The second kappa shape index (κ2) is 8.94. The van der Waals surface area contributed by atoms with Gasteiger partial charge in [0.2, 0.25) is 10.0 Å². The lowest BCUT2D eigenvalue weighted by Crippen LogP contribution is -3.15. The Morgan fingerprint density at radius 2 is 1.72 bits per heavy atom. The van der Waals surface area contributed by atoms with E-state index >= 15 is 0 Å². The van der Waals surface area contributed by atoms with Crippen LogP contribution in [0.3, 0.4) is 0 Å². The molecule has 1 fully saturated rings. The first-order chi connectivity index (χ1) is 13.8. The summed E-state index contributed by atoms with van der Waals surface area (Å²) in [7, 11) is -1.99. The summed E-state index contributed by atoms with van der Waals surface area (Å²) < 4.78 is 32.2. The van der Waals surface area contributed by atoms with E-state index in [0.717, 1.165) is 16.2 Å². The van der Waals surface area contributed by atoms with Gasteiger partial charge in [-0.3, -0.25) is 4.79 Å². The third kappa shape index (κ3) is 5.14. The minimum Gasteiger partial charge on any atom is -0.497 e. The molecule has 0 aromatic heterocycles. The molecule has 1 saturated heterocycles.